The minimum absolute atomic E-state index is 0.0966. The third-order valence-corrected chi connectivity index (χ3v) is 4.67. The van der Waals surface area contributed by atoms with Gasteiger partial charge in [0.15, 0.2) is 5.78 Å². The Labute approximate surface area is 142 Å². The zero-order valence-electron chi connectivity index (χ0n) is 14.3. The van der Waals surface area contributed by atoms with Gasteiger partial charge in [0.25, 0.3) is 0 Å². The van der Waals surface area contributed by atoms with Gasteiger partial charge in [0.2, 0.25) is 0 Å². The summed E-state index contributed by atoms with van der Waals surface area (Å²) in [5, 5.41) is 0. The van der Waals surface area contributed by atoms with Gasteiger partial charge in [-0.05, 0) is 12.3 Å². The zero-order valence-corrected chi connectivity index (χ0v) is 14.3. The summed E-state index contributed by atoms with van der Waals surface area (Å²) in [6.07, 6.45) is 3.64. The molecule has 2 heterocycles. The highest BCUT2D eigenvalue weighted by atomic mass is 16.6. The standard InChI is InChI=1S/C17H24N4O3/c1-3-4-9-24-17(23)21-7-5-20(6-8-21)16-14-12(2)10-13(22)15(14)18-11-19-16/h11-12H,3-10H2,1-2H3. The van der Waals surface area contributed by atoms with Crippen molar-refractivity contribution in [3.05, 3.63) is 17.6 Å². The Kier molecular flexibility index (Phi) is 4.97. The number of nitrogens with zero attached hydrogens (tertiary/aromatic N) is 4. The molecule has 7 heteroatoms. The predicted octanol–water partition coefficient (Wildman–Crippen LogP) is 2.23. The molecule has 0 spiro atoms. The third-order valence-electron chi connectivity index (χ3n) is 4.67. The van der Waals surface area contributed by atoms with Crippen molar-refractivity contribution in [2.24, 2.45) is 0 Å². The number of amides is 1. The molecule has 1 aromatic rings. The molecule has 1 fully saturated rings. The van der Waals surface area contributed by atoms with E-state index in [4.69, 9.17) is 4.74 Å². The number of hydrogen-bond donors (Lipinski definition) is 0. The highest BCUT2D eigenvalue weighted by Gasteiger charge is 2.33. The van der Waals surface area contributed by atoms with E-state index in [0.29, 0.717) is 44.9 Å². The Morgan fingerprint density at radius 2 is 2.04 bits per heavy atom. The van der Waals surface area contributed by atoms with Gasteiger partial charge in [0, 0.05) is 38.2 Å². The van der Waals surface area contributed by atoms with Gasteiger partial charge in [-0.25, -0.2) is 14.8 Å². The second-order valence-corrected chi connectivity index (χ2v) is 6.43. The maximum absolute atomic E-state index is 12.0. The summed E-state index contributed by atoms with van der Waals surface area (Å²) in [7, 11) is 0. The number of carbonyl (C=O) groups excluding carboxylic acids is 2. The molecule has 1 aliphatic heterocycles. The number of rotatable bonds is 4. The molecule has 0 bridgehead atoms. The number of piperazine rings is 1. The summed E-state index contributed by atoms with van der Waals surface area (Å²) in [5.74, 6) is 1.09. The van der Waals surface area contributed by atoms with Crippen LogP contribution in [0.25, 0.3) is 0 Å². The van der Waals surface area contributed by atoms with Crippen LogP contribution in [0.1, 0.15) is 55.1 Å². The number of ether oxygens (including phenoxy) is 1. The lowest BCUT2D eigenvalue weighted by molar-refractivity contribution is 0.0980. The number of carbonyl (C=O) groups is 2. The maximum atomic E-state index is 12.0. The molecule has 7 nitrogen and oxygen atoms in total. The predicted molar refractivity (Wildman–Crippen MR) is 89.4 cm³/mol. The highest BCUT2D eigenvalue weighted by molar-refractivity contribution is 6.00. The minimum atomic E-state index is -0.237. The third kappa shape index (κ3) is 3.20. The van der Waals surface area contributed by atoms with E-state index in [0.717, 1.165) is 24.2 Å². The first-order chi connectivity index (χ1) is 11.6. The number of hydrogen-bond acceptors (Lipinski definition) is 6. The van der Waals surface area contributed by atoms with Gasteiger partial charge in [-0.2, -0.15) is 0 Å². The Morgan fingerprint density at radius 1 is 1.29 bits per heavy atom. The Morgan fingerprint density at radius 3 is 2.75 bits per heavy atom. The van der Waals surface area contributed by atoms with E-state index in [1.54, 1.807) is 4.90 Å². The SMILES string of the molecule is CCCCOC(=O)N1CCN(c2ncnc3c2C(C)CC3=O)CC1. The fraction of sp³-hybridized carbons (Fsp3) is 0.647. The fourth-order valence-corrected chi connectivity index (χ4v) is 3.29. The largest absolute Gasteiger partial charge is 0.449 e. The molecular formula is C17H24N4O3. The molecule has 3 rings (SSSR count). The average molecular weight is 332 g/mol. The molecule has 130 valence electrons. The van der Waals surface area contributed by atoms with Crippen molar-refractivity contribution in [3.8, 4) is 0 Å². The highest BCUT2D eigenvalue weighted by Crippen LogP contribution is 2.37. The van der Waals surface area contributed by atoms with Crippen LogP contribution >= 0.6 is 0 Å². The molecule has 0 radical (unpaired) electrons. The van der Waals surface area contributed by atoms with Crippen LogP contribution in [0.3, 0.4) is 0 Å². The summed E-state index contributed by atoms with van der Waals surface area (Å²) in [5.41, 5.74) is 1.52. The second kappa shape index (κ2) is 7.15. The fourth-order valence-electron chi connectivity index (χ4n) is 3.29. The Hall–Kier alpha value is -2.18. The van der Waals surface area contributed by atoms with Crippen molar-refractivity contribution in [1.29, 1.82) is 0 Å². The number of Topliss-reactive ketones (excluding diaryl/α,β-unsaturated/α-hetero) is 1. The summed E-state index contributed by atoms with van der Waals surface area (Å²) in [4.78, 5) is 36.5. The molecular weight excluding hydrogens is 308 g/mol. The molecule has 1 aliphatic carbocycles. The minimum Gasteiger partial charge on any atom is -0.449 e. The molecule has 1 unspecified atom stereocenters. The van der Waals surface area contributed by atoms with Crippen LogP contribution in [0.2, 0.25) is 0 Å². The number of aromatic nitrogens is 2. The van der Waals surface area contributed by atoms with Crippen LogP contribution in [-0.2, 0) is 4.74 Å². The van der Waals surface area contributed by atoms with Crippen molar-refractivity contribution >= 4 is 17.7 Å². The summed E-state index contributed by atoms with van der Waals surface area (Å²) in [6.45, 7) is 7.17. The lowest BCUT2D eigenvalue weighted by atomic mass is 10.1. The number of anilines is 1. The second-order valence-electron chi connectivity index (χ2n) is 6.43. The van der Waals surface area contributed by atoms with Gasteiger partial charge in [-0.3, -0.25) is 4.79 Å². The molecule has 0 N–H and O–H groups in total. The summed E-state index contributed by atoms with van der Waals surface area (Å²) in [6, 6.07) is 0. The first-order valence-electron chi connectivity index (χ1n) is 8.66. The summed E-state index contributed by atoms with van der Waals surface area (Å²) < 4.78 is 5.27. The van der Waals surface area contributed by atoms with E-state index in [-0.39, 0.29) is 17.8 Å². The quantitative estimate of drug-likeness (QED) is 0.787. The molecule has 1 aromatic heterocycles. The van der Waals surface area contributed by atoms with Crippen LogP contribution in [0.15, 0.2) is 6.33 Å². The lowest BCUT2D eigenvalue weighted by Crippen LogP contribution is -2.49. The molecule has 0 aromatic carbocycles. The van der Waals surface area contributed by atoms with E-state index in [2.05, 4.69) is 21.8 Å². The Balaban J connectivity index is 1.64. The maximum Gasteiger partial charge on any atom is 0.409 e. The van der Waals surface area contributed by atoms with E-state index in [9.17, 15) is 9.59 Å². The Bertz CT molecular complexity index is 626. The topological polar surface area (TPSA) is 75.6 Å². The van der Waals surface area contributed by atoms with Crippen LogP contribution in [0.5, 0.6) is 0 Å². The van der Waals surface area contributed by atoms with Crippen molar-refractivity contribution < 1.29 is 14.3 Å². The molecule has 1 amide bonds. The van der Waals surface area contributed by atoms with Crippen LogP contribution in [-0.4, -0.2) is 59.5 Å². The van der Waals surface area contributed by atoms with Crippen molar-refractivity contribution in [3.63, 3.8) is 0 Å². The number of fused-ring (bicyclic) bond motifs is 1. The van der Waals surface area contributed by atoms with Crippen LogP contribution in [0.4, 0.5) is 10.6 Å². The van der Waals surface area contributed by atoms with Crippen molar-refractivity contribution in [2.75, 3.05) is 37.7 Å². The van der Waals surface area contributed by atoms with Crippen LogP contribution < -0.4 is 4.90 Å². The van der Waals surface area contributed by atoms with Gasteiger partial charge in [-0.15, -0.1) is 0 Å². The number of ketones is 1. The van der Waals surface area contributed by atoms with Crippen LogP contribution in [0, 0.1) is 0 Å². The van der Waals surface area contributed by atoms with Gasteiger partial charge in [0.1, 0.15) is 17.8 Å². The van der Waals surface area contributed by atoms with E-state index >= 15 is 0 Å². The van der Waals surface area contributed by atoms with Gasteiger partial charge in [-0.1, -0.05) is 20.3 Å². The average Bonchev–Trinajstić information content (AvgIpc) is 2.90. The van der Waals surface area contributed by atoms with E-state index < -0.39 is 0 Å². The van der Waals surface area contributed by atoms with Gasteiger partial charge in [0.05, 0.1) is 6.61 Å². The molecule has 2 aliphatic rings. The number of unbranched alkanes of at least 4 members (excludes halogenated alkanes) is 1. The first kappa shape index (κ1) is 16.7. The van der Waals surface area contributed by atoms with Crippen molar-refractivity contribution in [2.45, 2.75) is 39.0 Å². The zero-order chi connectivity index (χ0) is 17.1. The first-order valence-corrected chi connectivity index (χ1v) is 8.66. The molecule has 1 saturated heterocycles. The summed E-state index contributed by atoms with van der Waals surface area (Å²) >= 11 is 0. The molecule has 24 heavy (non-hydrogen) atoms. The normalized spacial score (nSPS) is 20.2. The van der Waals surface area contributed by atoms with E-state index in [1.165, 1.54) is 6.33 Å². The lowest BCUT2D eigenvalue weighted by Gasteiger charge is -2.35. The molecule has 1 atom stereocenters. The van der Waals surface area contributed by atoms with Gasteiger partial charge < -0.3 is 14.5 Å². The van der Waals surface area contributed by atoms with E-state index in [1.807, 2.05) is 6.92 Å². The monoisotopic (exact) mass is 332 g/mol. The molecule has 0 saturated carbocycles. The van der Waals surface area contributed by atoms with Gasteiger partial charge >= 0.3 is 6.09 Å². The smallest absolute Gasteiger partial charge is 0.409 e. The van der Waals surface area contributed by atoms with Crippen molar-refractivity contribution in [1.82, 2.24) is 14.9 Å².